The number of anilines is 2. The van der Waals surface area contributed by atoms with E-state index in [0.717, 1.165) is 50.0 Å². The molecule has 0 bridgehead atoms. The standard InChI is InChI=1S/C18H25N7O/c1-5-13-14(11-19)16(22-21-15(13)6-2)25-9-7-12(8-10-25)17-20-18(23-26-17)24(3)4/h12H,5-10H2,1-4H3. The number of hydrogen-bond donors (Lipinski definition) is 0. The van der Waals surface area contributed by atoms with Crippen LogP contribution in [0.4, 0.5) is 11.8 Å². The lowest BCUT2D eigenvalue weighted by Crippen LogP contribution is -2.34. The van der Waals surface area contributed by atoms with E-state index in [9.17, 15) is 5.26 Å². The summed E-state index contributed by atoms with van der Waals surface area (Å²) in [5.41, 5.74) is 2.62. The zero-order valence-corrected chi connectivity index (χ0v) is 15.9. The highest BCUT2D eigenvalue weighted by atomic mass is 16.5. The summed E-state index contributed by atoms with van der Waals surface area (Å²) in [5, 5.41) is 22.4. The Hall–Kier alpha value is -2.69. The Balaban J connectivity index is 1.76. The van der Waals surface area contributed by atoms with Crippen LogP contribution in [0, 0.1) is 11.3 Å². The molecule has 0 aliphatic carbocycles. The summed E-state index contributed by atoms with van der Waals surface area (Å²) in [6.45, 7) is 5.69. The van der Waals surface area contributed by atoms with Gasteiger partial charge in [0.05, 0.1) is 5.69 Å². The highest BCUT2D eigenvalue weighted by molar-refractivity contribution is 5.58. The van der Waals surface area contributed by atoms with E-state index in [2.05, 4.69) is 38.2 Å². The number of aryl methyl sites for hydroxylation is 1. The monoisotopic (exact) mass is 355 g/mol. The van der Waals surface area contributed by atoms with E-state index >= 15 is 0 Å². The Bertz CT molecular complexity index is 800. The van der Waals surface area contributed by atoms with Gasteiger partial charge in [0.25, 0.3) is 5.95 Å². The number of nitrogens with zero attached hydrogens (tertiary/aromatic N) is 7. The predicted molar refractivity (Wildman–Crippen MR) is 98.3 cm³/mol. The summed E-state index contributed by atoms with van der Waals surface area (Å²) < 4.78 is 5.42. The van der Waals surface area contributed by atoms with Gasteiger partial charge in [0, 0.05) is 33.1 Å². The van der Waals surface area contributed by atoms with Crippen molar-refractivity contribution in [3.63, 3.8) is 0 Å². The topological polar surface area (TPSA) is 95.0 Å². The quantitative estimate of drug-likeness (QED) is 0.806. The number of aromatic nitrogens is 4. The molecule has 8 heteroatoms. The van der Waals surface area contributed by atoms with Crippen molar-refractivity contribution in [1.29, 1.82) is 5.26 Å². The van der Waals surface area contributed by atoms with Crippen molar-refractivity contribution in [2.24, 2.45) is 0 Å². The summed E-state index contributed by atoms with van der Waals surface area (Å²) in [4.78, 5) is 8.45. The van der Waals surface area contributed by atoms with Crippen molar-refractivity contribution in [2.75, 3.05) is 37.0 Å². The molecule has 0 spiro atoms. The van der Waals surface area contributed by atoms with Crippen LogP contribution >= 0.6 is 0 Å². The maximum atomic E-state index is 9.68. The minimum atomic E-state index is 0.242. The van der Waals surface area contributed by atoms with Crippen LogP contribution in [0.3, 0.4) is 0 Å². The fourth-order valence-corrected chi connectivity index (χ4v) is 3.41. The normalized spacial score (nSPS) is 15.1. The Kier molecular flexibility index (Phi) is 5.35. The average molecular weight is 355 g/mol. The van der Waals surface area contributed by atoms with E-state index in [1.54, 1.807) is 0 Å². The van der Waals surface area contributed by atoms with Crippen molar-refractivity contribution in [1.82, 2.24) is 20.3 Å². The van der Waals surface area contributed by atoms with Crippen molar-refractivity contribution in [2.45, 2.75) is 45.4 Å². The second kappa shape index (κ2) is 7.68. The first-order chi connectivity index (χ1) is 12.6. The molecule has 2 aromatic heterocycles. The summed E-state index contributed by atoms with van der Waals surface area (Å²) >= 11 is 0. The van der Waals surface area contributed by atoms with Crippen LogP contribution in [0.15, 0.2) is 4.52 Å². The smallest absolute Gasteiger partial charge is 0.265 e. The molecule has 0 N–H and O–H groups in total. The third kappa shape index (κ3) is 3.34. The minimum absolute atomic E-state index is 0.242. The molecule has 3 rings (SSSR count). The molecule has 2 aromatic rings. The second-order valence-corrected chi connectivity index (χ2v) is 6.73. The van der Waals surface area contributed by atoms with Gasteiger partial charge in [-0.05, 0) is 36.4 Å². The molecule has 1 aliphatic rings. The third-order valence-corrected chi connectivity index (χ3v) is 4.91. The largest absolute Gasteiger partial charge is 0.354 e. The number of nitriles is 1. The van der Waals surface area contributed by atoms with Gasteiger partial charge >= 0.3 is 0 Å². The highest BCUT2D eigenvalue weighted by Crippen LogP contribution is 2.31. The summed E-state index contributed by atoms with van der Waals surface area (Å²) in [5.74, 6) is 2.24. The molecule has 1 fully saturated rings. The molecule has 3 heterocycles. The highest BCUT2D eigenvalue weighted by Gasteiger charge is 2.28. The van der Waals surface area contributed by atoms with Gasteiger partial charge in [-0.25, -0.2) is 0 Å². The minimum Gasteiger partial charge on any atom is -0.354 e. The van der Waals surface area contributed by atoms with Crippen molar-refractivity contribution >= 4 is 11.8 Å². The molecule has 1 aliphatic heterocycles. The zero-order valence-electron chi connectivity index (χ0n) is 15.9. The van der Waals surface area contributed by atoms with Gasteiger partial charge < -0.3 is 14.3 Å². The number of hydrogen-bond acceptors (Lipinski definition) is 8. The van der Waals surface area contributed by atoms with E-state index in [4.69, 9.17) is 4.52 Å². The summed E-state index contributed by atoms with van der Waals surface area (Å²) in [7, 11) is 3.79. The zero-order chi connectivity index (χ0) is 18.7. The van der Waals surface area contributed by atoms with Crippen LogP contribution < -0.4 is 9.80 Å². The lowest BCUT2D eigenvalue weighted by Gasteiger charge is -2.31. The Morgan fingerprint density at radius 2 is 1.92 bits per heavy atom. The molecule has 0 amide bonds. The van der Waals surface area contributed by atoms with Gasteiger partial charge in [0.2, 0.25) is 5.89 Å². The Morgan fingerprint density at radius 3 is 2.46 bits per heavy atom. The van der Waals surface area contributed by atoms with Gasteiger partial charge in [-0.1, -0.05) is 13.8 Å². The van der Waals surface area contributed by atoms with E-state index < -0.39 is 0 Å². The van der Waals surface area contributed by atoms with Crippen LogP contribution in [-0.4, -0.2) is 47.5 Å². The number of rotatable bonds is 5. The molecule has 0 aromatic carbocycles. The molecule has 8 nitrogen and oxygen atoms in total. The van der Waals surface area contributed by atoms with Crippen LogP contribution in [0.1, 0.15) is 55.3 Å². The summed E-state index contributed by atoms with van der Waals surface area (Å²) in [6.07, 6.45) is 3.36. The first-order valence-electron chi connectivity index (χ1n) is 9.13. The van der Waals surface area contributed by atoms with Gasteiger partial charge in [0.15, 0.2) is 5.82 Å². The molecule has 0 saturated carbocycles. The second-order valence-electron chi connectivity index (χ2n) is 6.73. The molecule has 26 heavy (non-hydrogen) atoms. The first-order valence-corrected chi connectivity index (χ1v) is 9.13. The maximum Gasteiger partial charge on any atom is 0.265 e. The molecule has 1 saturated heterocycles. The lowest BCUT2D eigenvalue weighted by atomic mass is 9.96. The Labute approximate surface area is 153 Å². The van der Waals surface area contributed by atoms with Crippen molar-refractivity contribution < 1.29 is 4.52 Å². The molecule has 0 radical (unpaired) electrons. The van der Waals surface area contributed by atoms with Gasteiger partial charge in [-0.15, -0.1) is 5.10 Å². The fraction of sp³-hybridized carbons (Fsp3) is 0.611. The van der Waals surface area contributed by atoms with E-state index in [1.165, 1.54) is 0 Å². The van der Waals surface area contributed by atoms with E-state index in [0.29, 0.717) is 23.2 Å². The maximum absolute atomic E-state index is 9.68. The first kappa shape index (κ1) is 18.1. The van der Waals surface area contributed by atoms with E-state index in [-0.39, 0.29) is 5.92 Å². The molecule has 138 valence electrons. The van der Waals surface area contributed by atoms with Gasteiger partial charge in [-0.3, -0.25) is 0 Å². The molecule has 0 atom stereocenters. The fourth-order valence-electron chi connectivity index (χ4n) is 3.41. The molecule has 0 unspecified atom stereocenters. The van der Waals surface area contributed by atoms with Crippen molar-refractivity contribution in [3.8, 4) is 6.07 Å². The molecular formula is C18H25N7O. The lowest BCUT2D eigenvalue weighted by molar-refractivity contribution is 0.329. The van der Waals surface area contributed by atoms with Crippen LogP contribution in [0.25, 0.3) is 0 Å². The SMILES string of the molecule is CCc1nnc(N2CCC(c3nc(N(C)C)no3)CC2)c(C#N)c1CC. The summed E-state index contributed by atoms with van der Waals surface area (Å²) in [6, 6.07) is 2.36. The van der Waals surface area contributed by atoms with Crippen LogP contribution in [-0.2, 0) is 12.8 Å². The van der Waals surface area contributed by atoms with Crippen LogP contribution in [0.5, 0.6) is 0 Å². The number of piperidine rings is 1. The third-order valence-electron chi connectivity index (χ3n) is 4.91. The average Bonchev–Trinajstić information content (AvgIpc) is 3.17. The Morgan fingerprint density at radius 1 is 1.19 bits per heavy atom. The van der Waals surface area contributed by atoms with Gasteiger partial charge in [-0.2, -0.15) is 15.3 Å². The van der Waals surface area contributed by atoms with E-state index in [1.807, 2.05) is 25.9 Å². The van der Waals surface area contributed by atoms with Crippen LogP contribution in [0.2, 0.25) is 0 Å². The van der Waals surface area contributed by atoms with Crippen molar-refractivity contribution in [3.05, 3.63) is 22.7 Å². The predicted octanol–water partition coefficient (Wildman–Crippen LogP) is 2.31. The molecular weight excluding hydrogens is 330 g/mol. The van der Waals surface area contributed by atoms with Gasteiger partial charge in [0.1, 0.15) is 11.6 Å².